The van der Waals surface area contributed by atoms with E-state index < -0.39 is 0 Å². The Morgan fingerprint density at radius 3 is 2.38 bits per heavy atom. The molecular formula is C21H16N4O. The number of nitrogens with zero attached hydrogens (tertiary/aromatic N) is 4. The predicted octanol–water partition coefficient (Wildman–Crippen LogP) is 4.41. The van der Waals surface area contributed by atoms with Crippen LogP contribution in [0.5, 0.6) is 0 Å². The van der Waals surface area contributed by atoms with Gasteiger partial charge in [0.05, 0.1) is 24.6 Å². The van der Waals surface area contributed by atoms with Gasteiger partial charge in [-0.15, -0.1) is 0 Å². The average molecular weight is 340 g/mol. The molecule has 2 heterocycles. The Bertz CT molecular complexity index is 1120. The smallest absolute Gasteiger partial charge is 0.187 e. The molecule has 0 saturated carbocycles. The maximum Gasteiger partial charge on any atom is 0.187 e. The Balaban J connectivity index is 2.05. The SMILES string of the molecule is [C-]#[N+]c1ccc(-c2nc(CO)c3nccn3c2-c2ccc(C)cc2)cc1. The molecule has 26 heavy (non-hydrogen) atoms. The van der Waals surface area contributed by atoms with Crippen LogP contribution in [0.25, 0.3) is 33.0 Å². The number of aliphatic hydroxyl groups excluding tert-OH is 1. The molecular weight excluding hydrogens is 324 g/mol. The first kappa shape index (κ1) is 16.0. The maximum atomic E-state index is 9.75. The number of rotatable bonds is 3. The number of aryl methyl sites for hydroxylation is 1. The predicted molar refractivity (Wildman–Crippen MR) is 101 cm³/mol. The maximum absolute atomic E-state index is 9.75. The third-order valence-electron chi connectivity index (χ3n) is 4.36. The first-order valence-electron chi connectivity index (χ1n) is 8.23. The molecule has 5 heteroatoms. The van der Waals surface area contributed by atoms with E-state index in [4.69, 9.17) is 11.6 Å². The summed E-state index contributed by atoms with van der Waals surface area (Å²) in [7, 11) is 0. The van der Waals surface area contributed by atoms with Gasteiger partial charge in [0.25, 0.3) is 0 Å². The summed E-state index contributed by atoms with van der Waals surface area (Å²) in [5, 5.41) is 9.75. The molecule has 4 aromatic rings. The van der Waals surface area contributed by atoms with Crippen LogP contribution < -0.4 is 0 Å². The molecule has 0 aliphatic carbocycles. The van der Waals surface area contributed by atoms with Crippen LogP contribution in [0, 0.1) is 13.5 Å². The van der Waals surface area contributed by atoms with Crippen molar-refractivity contribution < 1.29 is 5.11 Å². The molecule has 2 aromatic carbocycles. The molecule has 0 spiro atoms. The number of imidazole rings is 1. The van der Waals surface area contributed by atoms with Gasteiger partial charge in [0.15, 0.2) is 11.3 Å². The zero-order valence-corrected chi connectivity index (χ0v) is 14.2. The lowest BCUT2D eigenvalue weighted by molar-refractivity contribution is 0.278. The van der Waals surface area contributed by atoms with E-state index in [1.54, 1.807) is 18.3 Å². The largest absolute Gasteiger partial charge is 0.390 e. The van der Waals surface area contributed by atoms with Crippen LogP contribution in [0.2, 0.25) is 0 Å². The van der Waals surface area contributed by atoms with Crippen LogP contribution in [0.15, 0.2) is 60.9 Å². The van der Waals surface area contributed by atoms with Gasteiger partial charge in [0.1, 0.15) is 5.69 Å². The van der Waals surface area contributed by atoms with E-state index in [1.807, 2.05) is 29.7 Å². The number of benzene rings is 2. The highest BCUT2D eigenvalue weighted by Crippen LogP contribution is 2.33. The van der Waals surface area contributed by atoms with Crippen molar-refractivity contribution in [2.75, 3.05) is 0 Å². The highest BCUT2D eigenvalue weighted by molar-refractivity contribution is 5.81. The van der Waals surface area contributed by atoms with Crippen LogP contribution in [0.3, 0.4) is 0 Å². The Morgan fingerprint density at radius 1 is 1.04 bits per heavy atom. The molecule has 1 N–H and O–H groups in total. The molecule has 0 fully saturated rings. The third-order valence-corrected chi connectivity index (χ3v) is 4.36. The monoisotopic (exact) mass is 340 g/mol. The highest BCUT2D eigenvalue weighted by atomic mass is 16.3. The van der Waals surface area contributed by atoms with E-state index in [1.165, 1.54) is 5.56 Å². The first-order chi connectivity index (χ1) is 12.7. The normalized spacial score (nSPS) is 10.8. The van der Waals surface area contributed by atoms with Crippen molar-refractivity contribution in [2.24, 2.45) is 0 Å². The lowest BCUT2D eigenvalue weighted by Gasteiger charge is -2.15. The molecule has 126 valence electrons. The summed E-state index contributed by atoms with van der Waals surface area (Å²) in [5.41, 5.74) is 6.48. The third kappa shape index (κ3) is 2.63. The molecule has 0 aliphatic rings. The Hall–Kier alpha value is -3.49. The van der Waals surface area contributed by atoms with E-state index in [0.29, 0.717) is 17.0 Å². The first-order valence-corrected chi connectivity index (χ1v) is 8.23. The van der Waals surface area contributed by atoms with Crippen molar-refractivity contribution >= 4 is 11.3 Å². The van der Waals surface area contributed by atoms with Gasteiger partial charge in [0.2, 0.25) is 0 Å². The van der Waals surface area contributed by atoms with Gasteiger partial charge in [-0.05, 0) is 12.5 Å². The minimum atomic E-state index is -0.193. The number of aromatic nitrogens is 3. The van der Waals surface area contributed by atoms with Gasteiger partial charge < -0.3 is 5.11 Å². The summed E-state index contributed by atoms with van der Waals surface area (Å²) < 4.78 is 1.96. The average Bonchev–Trinajstić information content (AvgIpc) is 3.17. The molecule has 0 amide bonds. The number of hydrogen-bond acceptors (Lipinski definition) is 3. The summed E-state index contributed by atoms with van der Waals surface area (Å²) in [4.78, 5) is 12.5. The lowest BCUT2D eigenvalue weighted by Crippen LogP contribution is -2.04. The second-order valence-corrected chi connectivity index (χ2v) is 6.06. The molecule has 0 atom stereocenters. The van der Waals surface area contributed by atoms with Gasteiger partial charge in [-0.2, -0.15) is 0 Å². The number of hydrogen-bond donors (Lipinski definition) is 1. The fourth-order valence-corrected chi connectivity index (χ4v) is 3.04. The van der Waals surface area contributed by atoms with Crippen molar-refractivity contribution in [1.29, 1.82) is 0 Å². The summed E-state index contributed by atoms with van der Waals surface area (Å²) in [6.45, 7) is 8.99. The molecule has 0 aliphatic heterocycles. The van der Waals surface area contributed by atoms with Gasteiger partial charge >= 0.3 is 0 Å². The van der Waals surface area contributed by atoms with Crippen LogP contribution in [0.4, 0.5) is 5.69 Å². The van der Waals surface area contributed by atoms with Crippen LogP contribution >= 0.6 is 0 Å². The van der Waals surface area contributed by atoms with Crippen molar-refractivity contribution in [2.45, 2.75) is 13.5 Å². The lowest BCUT2D eigenvalue weighted by atomic mass is 10.0. The second kappa shape index (κ2) is 6.43. The second-order valence-electron chi connectivity index (χ2n) is 6.06. The van der Waals surface area contributed by atoms with Crippen molar-refractivity contribution in [3.05, 3.63) is 83.6 Å². The fraction of sp³-hybridized carbons (Fsp3) is 0.0952. The topological polar surface area (TPSA) is 54.8 Å². The van der Waals surface area contributed by atoms with Gasteiger partial charge in [-0.1, -0.05) is 54.1 Å². The Morgan fingerprint density at radius 2 is 1.73 bits per heavy atom. The quantitative estimate of drug-likeness (QED) is 0.562. The molecule has 5 nitrogen and oxygen atoms in total. The summed E-state index contributed by atoms with van der Waals surface area (Å²) >= 11 is 0. The zero-order chi connectivity index (χ0) is 18.1. The molecule has 4 rings (SSSR count). The van der Waals surface area contributed by atoms with E-state index >= 15 is 0 Å². The van der Waals surface area contributed by atoms with E-state index in [-0.39, 0.29) is 6.61 Å². The fourth-order valence-electron chi connectivity index (χ4n) is 3.04. The van der Waals surface area contributed by atoms with E-state index in [0.717, 1.165) is 22.5 Å². The standard InChI is InChI=1S/C21H16N4O/c1-14-3-5-16(6-4-14)20-19(15-7-9-17(22-2)10-8-15)24-18(13-26)21-23-11-12-25(20)21/h3-12,26H,13H2,1H3. The van der Waals surface area contributed by atoms with Gasteiger partial charge in [0, 0.05) is 18.0 Å². The summed E-state index contributed by atoms with van der Waals surface area (Å²) in [6, 6.07) is 15.6. The zero-order valence-electron chi connectivity index (χ0n) is 14.2. The van der Waals surface area contributed by atoms with Crippen LogP contribution in [-0.2, 0) is 6.61 Å². The van der Waals surface area contributed by atoms with E-state index in [2.05, 4.69) is 34.1 Å². The van der Waals surface area contributed by atoms with Crippen molar-refractivity contribution in [3.63, 3.8) is 0 Å². The Labute approximate surface area is 151 Å². The number of fused-ring (bicyclic) bond motifs is 1. The van der Waals surface area contributed by atoms with Gasteiger partial charge in [-0.25, -0.2) is 14.8 Å². The molecule has 0 unspecified atom stereocenters. The van der Waals surface area contributed by atoms with Crippen LogP contribution in [-0.4, -0.2) is 19.5 Å². The van der Waals surface area contributed by atoms with Gasteiger partial charge in [-0.3, -0.25) is 4.40 Å². The van der Waals surface area contributed by atoms with Crippen LogP contribution in [0.1, 0.15) is 11.3 Å². The molecule has 0 radical (unpaired) electrons. The molecule has 0 saturated heterocycles. The molecule has 2 aromatic heterocycles. The summed E-state index contributed by atoms with van der Waals surface area (Å²) in [5.74, 6) is 0. The molecule has 0 bridgehead atoms. The highest BCUT2D eigenvalue weighted by Gasteiger charge is 2.17. The van der Waals surface area contributed by atoms with Crippen molar-refractivity contribution in [1.82, 2.24) is 14.4 Å². The summed E-state index contributed by atoms with van der Waals surface area (Å²) in [6.07, 6.45) is 3.59. The van der Waals surface area contributed by atoms with E-state index in [9.17, 15) is 5.11 Å². The minimum Gasteiger partial charge on any atom is -0.390 e. The minimum absolute atomic E-state index is 0.193. The van der Waals surface area contributed by atoms with Crippen molar-refractivity contribution in [3.8, 4) is 22.5 Å². The number of aliphatic hydroxyl groups is 1. The Kier molecular flexibility index (Phi) is 3.96.